The third kappa shape index (κ3) is 4.93. The Hall–Kier alpha value is -3.35. The molecule has 13 heteroatoms. The molecule has 0 aliphatic carbocycles. The number of anilines is 1. The molecule has 9 nitrogen and oxygen atoms in total. The van der Waals surface area contributed by atoms with Gasteiger partial charge in [0.05, 0.1) is 12.8 Å². The Morgan fingerprint density at radius 3 is 2.83 bits per heavy atom. The van der Waals surface area contributed by atoms with Crippen LogP contribution in [0.5, 0.6) is 0 Å². The predicted octanol–water partition coefficient (Wildman–Crippen LogP) is 1.66. The fraction of sp³-hybridized carbons (Fsp3) is 0.312. The van der Waals surface area contributed by atoms with Crippen molar-refractivity contribution in [3.05, 3.63) is 30.7 Å². The van der Waals surface area contributed by atoms with Gasteiger partial charge in [-0.3, -0.25) is 4.79 Å². The molecule has 29 heavy (non-hydrogen) atoms. The van der Waals surface area contributed by atoms with Crippen LogP contribution in [0.4, 0.5) is 23.4 Å². The molecule has 0 bridgehead atoms. The molecule has 3 rings (SSSR count). The molecule has 1 atom stereocenters. The second-order valence-electron chi connectivity index (χ2n) is 5.86. The standard InChI is InChI=1S/C16H15F4N7O2/c1-29-5-11(15(28)24-6-16(18,19)20)26-14-10(17)4-23-13(27-14)9-3-22-12-8(9)2-21-7-25-12/h2-4,7,11H,5-6H2,1H3,(H,24,28)(H,21,22,25)(H,23,26,27)/t11-/m0/s1. The van der Waals surface area contributed by atoms with Gasteiger partial charge in [0.25, 0.3) is 0 Å². The number of hydrogen-bond donors (Lipinski definition) is 3. The quantitative estimate of drug-likeness (QED) is 0.504. The summed E-state index contributed by atoms with van der Waals surface area (Å²) in [5, 5.41) is 4.77. The van der Waals surface area contributed by atoms with E-state index >= 15 is 0 Å². The maximum atomic E-state index is 14.2. The lowest BCUT2D eigenvalue weighted by Crippen LogP contribution is -2.45. The zero-order valence-corrected chi connectivity index (χ0v) is 14.9. The van der Waals surface area contributed by atoms with E-state index in [1.54, 1.807) is 11.5 Å². The summed E-state index contributed by atoms with van der Waals surface area (Å²) in [4.78, 5) is 30.8. The van der Waals surface area contributed by atoms with Crippen LogP contribution in [0.2, 0.25) is 0 Å². The van der Waals surface area contributed by atoms with Crippen molar-refractivity contribution >= 4 is 22.8 Å². The molecule has 3 heterocycles. The molecule has 0 unspecified atom stereocenters. The van der Waals surface area contributed by atoms with Gasteiger partial charge in [-0.2, -0.15) is 13.2 Å². The van der Waals surface area contributed by atoms with Crippen LogP contribution < -0.4 is 10.6 Å². The highest BCUT2D eigenvalue weighted by Crippen LogP contribution is 2.25. The molecule has 3 aromatic heterocycles. The lowest BCUT2D eigenvalue weighted by atomic mass is 10.2. The Morgan fingerprint density at radius 2 is 2.10 bits per heavy atom. The summed E-state index contributed by atoms with van der Waals surface area (Å²) in [5.41, 5.74) is 0.995. The molecular weight excluding hydrogens is 398 g/mol. The van der Waals surface area contributed by atoms with Gasteiger partial charge in [-0.1, -0.05) is 0 Å². The number of carbonyl (C=O) groups excluding carboxylic acids is 1. The molecular formula is C16H15F4N7O2. The van der Waals surface area contributed by atoms with Gasteiger partial charge in [-0.25, -0.2) is 24.3 Å². The molecule has 0 radical (unpaired) electrons. The number of amides is 1. The maximum Gasteiger partial charge on any atom is 0.405 e. The third-order valence-corrected chi connectivity index (χ3v) is 3.76. The van der Waals surface area contributed by atoms with Gasteiger partial charge in [-0.15, -0.1) is 0 Å². The van der Waals surface area contributed by atoms with Gasteiger partial charge in [0, 0.05) is 30.5 Å². The van der Waals surface area contributed by atoms with Gasteiger partial charge in [0.15, 0.2) is 17.5 Å². The number of H-pyrrole nitrogens is 1. The van der Waals surface area contributed by atoms with E-state index in [1.165, 1.54) is 19.6 Å². The normalized spacial score (nSPS) is 12.7. The SMILES string of the molecule is COC[C@H](Nc1nc(-c2c[nH]c3ncncc23)ncc1F)C(=O)NCC(F)(F)F. The van der Waals surface area contributed by atoms with Gasteiger partial charge < -0.3 is 20.4 Å². The van der Waals surface area contributed by atoms with E-state index in [0.29, 0.717) is 16.6 Å². The number of nitrogens with zero attached hydrogens (tertiary/aromatic N) is 4. The summed E-state index contributed by atoms with van der Waals surface area (Å²) in [5.74, 6) is -2.19. The lowest BCUT2D eigenvalue weighted by Gasteiger charge is -2.19. The van der Waals surface area contributed by atoms with Crippen LogP contribution in [0.1, 0.15) is 0 Å². The van der Waals surface area contributed by atoms with Crippen LogP contribution in [0.15, 0.2) is 24.9 Å². The number of fused-ring (bicyclic) bond motifs is 1. The molecule has 1 amide bonds. The van der Waals surface area contributed by atoms with Crippen LogP contribution >= 0.6 is 0 Å². The Labute approximate surface area is 160 Å². The summed E-state index contributed by atoms with van der Waals surface area (Å²) in [7, 11) is 1.25. The van der Waals surface area contributed by atoms with Gasteiger partial charge in [-0.05, 0) is 0 Å². The van der Waals surface area contributed by atoms with Crippen molar-refractivity contribution in [2.24, 2.45) is 0 Å². The van der Waals surface area contributed by atoms with Gasteiger partial charge in [0.1, 0.15) is 24.6 Å². The second-order valence-corrected chi connectivity index (χ2v) is 5.86. The first-order valence-corrected chi connectivity index (χ1v) is 8.18. The lowest BCUT2D eigenvalue weighted by molar-refractivity contribution is -0.139. The van der Waals surface area contributed by atoms with E-state index in [-0.39, 0.29) is 18.2 Å². The number of nitrogens with one attached hydrogen (secondary N) is 3. The number of hydrogen-bond acceptors (Lipinski definition) is 7. The summed E-state index contributed by atoms with van der Waals surface area (Å²) in [6.45, 7) is -1.84. The molecule has 3 N–H and O–H groups in total. The molecule has 0 aliphatic rings. The van der Waals surface area contributed by atoms with Gasteiger partial charge >= 0.3 is 6.18 Å². The van der Waals surface area contributed by atoms with Crippen molar-refractivity contribution in [1.82, 2.24) is 30.2 Å². The number of aromatic nitrogens is 5. The first-order valence-electron chi connectivity index (χ1n) is 8.18. The summed E-state index contributed by atoms with van der Waals surface area (Å²) in [6.07, 6.45) is 0.712. The molecule has 3 aromatic rings. The number of halogens is 4. The van der Waals surface area contributed by atoms with Crippen LogP contribution in [-0.4, -0.2) is 63.3 Å². The monoisotopic (exact) mass is 413 g/mol. The highest BCUT2D eigenvalue weighted by atomic mass is 19.4. The van der Waals surface area contributed by atoms with E-state index in [4.69, 9.17) is 4.74 Å². The highest BCUT2D eigenvalue weighted by Gasteiger charge is 2.30. The van der Waals surface area contributed by atoms with Crippen molar-refractivity contribution in [1.29, 1.82) is 0 Å². The molecule has 0 aliphatic heterocycles. The number of aromatic amines is 1. The molecule has 0 fully saturated rings. The maximum absolute atomic E-state index is 14.2. The number of rotatable bonds is 7. The minimum atomic E-state index is -4.59. The van der Waals surface area contributed by atoms with E-state index in [2.05, 4.69) is 30.2 Å². The largest absolute Gasteiger partial charge is 0.405 e. The predicted molar refractivity (Wildman–Crippen MR) is 93.2 cm³/mol. The highest BCUT2D eigenvalue weighted by molar-refractivity contribution is 5.91. The Morgan fingerprint density at radius 1 is 1.31 bits per heavy atom. The van der Waals surface area contributed by atoms with Crippen LogP contribution in [0.25, 0.3) is 22.4 Å². The Kier molecular flexibility index (Phi) is 5.87. The zero-order chi connectivity index (χ0) is 21.0. The van der Waals surface area contributed by atoms with E-state index < -0.39 is 30.5 Å². The fourth-order valence-electron chi connectivity index (χ4n) is 2.47. The van der Waals surface area contributed by atoms with Crippen molar-refractivity contribution in [3.63, 3.8) is 0 Å². The molecule has 0 saturated heterocycles. The van der Waals surface area contributed by atoms with Crippen molar-refractivity contribution in [3.8, 4) is 11.4 Å². The van der Waals surface area contributed by atoms with Crippen LogP contribution in [0.3, 0.4) is 0 Å². The molecule has 0 spiro atoms. The fourth-order valence-corrected chi connectivity index (χ4v) is 2.47. The average Bonchev–Trinajstić information content (AvgIpc) is 3.11. The molecule has 0 saturated carbocycles. The number of methoxy groups -OCH3 is 1. The van der Waals surface area contributed by atoms with Crippen molar-refractivity contribution in [2.45, 2.75) is 12.2 Å². The molecule has 0 aromatic carbocycles. The zero-order valence-electron chi connectivity index (χ0n) is 14.9. The van der Waals surface area contributed by atoms with E-state index in [1.807, 2.05) is 0 Å². The second kappa shape index (κ2) is 8.34. The Balaban J connectivity index is 1.85. The first kappa shape index (κ1) is 20.4. The third-order valence-electron chi connectivity index (χ3n) is 3.76. The van der Waals surface area contributed by atoms with E-state index in [9.17, 15) is 22.4 Å². The first-order chi connectivity index (χ1) is 13.8. The summed E-state index contributed by atoms with van der Waals surface area (Å²) in [6, 6.07) is -1.31. The smallest absolute Gasteiger partial charge is 0.382 e. The average molecular weight is 413 g/mol. The summed E-state index contributed by atoms with van der Waals surface area (Å²) >= 11 is 0. The topological polar surface area (TPSA) is 118 Å². The minimum Gasteiger partial charge on any atom is -0.382 e. The van der Waals surface area contributed by atoms with Crippen LogP contribution in [0, 0.1) is 5.82 Å². The Bertz CT molecular complexity index is 1010. The number of alkyl halides is 3. The van der Waals surface area contributed by atoms with E-state index in [0.717, 1.165) is 6.20 Å². The number of carbonyl (C=O) groups is 1. The minimum absolute atomic E-state index is 0.0989. The van der Waals surface area contributed by atoms with Crippen LogP contribution in [-0.2, 0) is 9.53 Å². The molecule has 154 valence electrons. The number of ether oxygens (including phenoxy) is 1. The van der Waals surface area contributed by atoms with Crippen molar-refractivity contribution < 1.29 is 27.1 Å². The summed E-state index contributed by atoms with van der Waals surface area (Å²) < 4.78 is 56.0. The van der Waals surface area contributed by atoms with Gasteiger partial charge in [0.2, 0.25) is 5.91 Å². The van der Waals surface area contributed by atoms with Crippen molar-refractivity contribution in [2.75, 3.05) is 25.6 Å².